The first-order chi connectivity index (χ1) is 19.3. The van der Waals surface area contributed by atoms with Gasteiger partial charge in [-0.1, -0.05) is 6.92 Å². The third-order valence-electron chi connectivity index (χ3n) is 6.26. The molecule has 0 radical (unpaired) electrons. The summed E-state index contributed by atoms with van der Waals surface area (Å²) in [5.41, 5.74) is 0. The molecule has 0 bridgehead atoms. The molecule has 1 heterocycles. The van der Waals surface area contributed by atoms with E-state index in [1.54, 1.807) is 13.8 Å². The molecule has 1 saturated heterocycles. The zero-order valence-electron chi connectivity index (χ0n) is 22.7. The van der Waals surface area contributed by atoms with E-state index in [0.29, 0.717) is 0 Å². The van der Waals surface area contributed by atoms with Crippen molar-refractivity contribution in [3.05, 3.63) is 0 Å². The number of hydrogen-bond donors (Lipinski definition) is 1. The van der Waals surface area contributed by atoms with Crippen molar-refractivity contribution in [1.29, 1.82) is 0 Å². The topological polar surface area (TPSA) is 56.8 Å². The van der Waals surface area contributed by atoms with Gasteiger partial charge in [-0.2, -0.15) is 74.6 Å². The van der Waals surface area contributed by atoms with Crippen molar-refractivity contribution in [2.24, 2.45) is 5.92 Å². The number of nitrogens with one attached hydrogen (secondary N) is 1. The first-order valence-electron chi connectivity index (χ1n) is 12.2. The van der Waals surface area contributed by atoms with Gasteiger partial charge in [0.2, 0.25) is 5.91 Å². The quantitative estimate of drug-likeness (QED) is 0.139. The van der Waals surface area contributed by atoms with Crippen LogP contribution in [-0.4, -0.2) is 91.8 Å². The first kappa shape index (κ1) is 40.2. The highest BCUT2D eigenvalue weighted by Gasteiger charge is 2.95. The third-order valence-corrected chi connectivity index (χ3v) is 6.26. The molecule has 0 aliphatic carbocycles. The van der Waals surface area contributed by atoms with Gasteiger partial charge < -0.3 is 19.5 Å². The summed E-state index contributed by atoms with van der Waals surface area (Å²) < 4.78 is 243. The number of alkyl halides is 17. The summed E-state index contributed by atoms with van der Waals surface area (Å²) in [5, 5.41) is 2.10. The van der Waals surface area contributed by atoms with Crippen LogP contribution in [0.1, 0.15) is 40.0 Å². The smallest absolute Gasteiger partial charge is 0.379 e. The highest BCUT2D eigenvalue weighted by molar-refractivity contribution is 5.78. The lowest BCUT2D eigenvalue weighted by molar-refractivity contribution is -0.461. The molecule has 22 heteroatoms. The molecule has 1 fully saturated rings. The maximum Gasteiger partial charge on any atom is 0.460 e. The summed E-state index contributed by atoms with van der Waals surface area (Å²) >= 11 is 0. The second-order valence-corrected chi connectivity index (χ2v) is 10.3. The molecule has 0 spiro atoms. The first-order valence-corrected chi connectivity index (χ1v) is 12.2. The molecular formula is C22H26F17NO4. The van der Waals surface area contributed by atoms with Gasteiger partial charge in [0, 0.05) is 25.5 Å². The Balaban J connectivity index is 2.86. The molecule has 1 amide bonds. The van der Waals surface area contributed by atoms with E-state index >= 15 is 0 Å². The minimum Gasteiger partial charge on any atom is -0.379 e. The zero-order valence-corrected chi connectivity index (χ0v) is 22.7. The molecule has 0 aromatic rings. The van der Waals surface area contributed by atoms with Crippen LogP contribution in [0.4, 0.5) is 74.6 Å². The van der Waals surface area contributed by atoms with E-state index in [-0.39, 0.29) is 32.8 Å². The Labute approximate surface area is 237 Å². The van der Waals surface area contributed by atoms with Gasteiger partial charge in [0.15, 0.2) is 5.79 Å². The highest BCUT2D eigenvalue weighted by Crippen LogP contribution is 2.64. The molecule has 0 saturated carbocycles. The highest BCUT2D eigenvalue weighted by atomic mass is 19.4. The van der Waals surface area contributed by atoms with Crippen LogP contribution >= 0.6 is 0 Å². The molecule has 0 aromatic heterocycles. The van der Waals surface area contributed by atoms with Crippen molar-refractivity contribution in [3.63, 3.8) is 0 Å². The van der Waals surface area contributed by atoms with E-state index in [0.717, 1.165) is 6.92 Å². The number of carbonyl (C=O) groups excluding carboxylic acids is 1. The van der Waals surface area contributed by atoms with Gasteiger partial charge in [-0.15, -0.1) is 0 Å². The van der Waals surface area contributed by atoms with Crippen LogP contribution in [0, 0.1) is 5.92 Å². The van der Waals surface area contributed by atoms with E-state index in [1.165, 1.54) is 0 Å². The summed E-state index contributed by atoms with van der Waals surface area (Å²) in [5.74, 6) is -60.5. The molecule has 5 nitrogen and oxygen atoms in total. The van der Waals surface area contributed by atoms with Crippen molar-refractivity contribution in [2.45, 2.75) is 99.6 Å². The Kier molecular flexibility index (Phi) is 11.6. The average molecular weight is 691 g/mol. The van der Waals surface area contributed by atoms with E-state index in [1.807, 2.05) is 0 Å². The van der Waals surface area contributed by atoms with Crippen molar-refractivity contribution in [3.8, 4) is 0 Å². The molecule has 1 rings (SSSR count). The number of carbonyl (C=O) groups is 1. The molecular weight excluding hydrogens is 665 g/mol. The Hall–Kier alpha value is -1.84. The van der Waals surface area contributed by atoms with E-state index in [2.05, 4.69) is 5.32 Å². The van der Waals surface area contributed by atoms with Crippen LogP contribution in [0.3, 0.4) is 0 Å². The molecule has 1 aliphatic rings. The van der Waals surface area contributed by atoms with Gasteiger partial charge in [-0.25, -0.2) is 0 Å². The fraction of sp³-hybridized carbons (Fsp3) is 0.955. The molecule has 1 N–H and O–H groups in total. The van der Waals surface area contributed by atoms with Crippen LogP contribution < -0.4 is 5.32 Å². The minimum atomic E-state index is -8.67. The van der Waals surface area contributed by atoms with Crippen LogP contribution in [0.2, 0.25) is 0 Å². The second-order valence-electron chi connectivity index (χ2n) is 10.3. The van der Waals surface area contributed by atoms with Gasteiger partial charge in [0.1, 0.15) is 6.10 Å². The number of amides is 1. The van der Waals surface area contributed by atoms with E-state index in [9.17, 15) is 79.4 Å². The monoisotopic (exact) mass is 691 g/mol. The number of rotatable bonds is 16. The number of ether oxygens (including phenoxy) is 3. The van der Waals surface area contributed by atoms with Crippen LogP contribution in [0.15, 0.2) is 0 Å². The predicted molar refractivity (Wildman–Crippen MR) is 112 cm³/mol. The second kappa shape index (κ2) is 12.7. The van der Waals surface area contributed by atoms with E-state index in [4.69, 9.17) is 14.2 Å². The summed E-state index contributed by atoms with van der Waals surface area (Å²) in [6, 6.07) is 0. The molecule has 44 heavy (non-hydrogen) atoms. The lowest BCUT2D eigenvalue weighted by atomic mass is 9.87. The van der Waals surface area contributed by atoms with E-state index < -0.39 is 84.2 Å². The normalized spacial score (nSPS) is 20.1. The van der Waals surface area contributed by atoms with Crippen LogP contribution in [0.5, 0.6) is 0 Å². The summed E-state index contributed by atoms with van der Waals surface area (Å²) in [6.45, 7) is 4.12. The third kappa shape index (κ3) is 7.41. The van der Waals surface area contributed by atoms with Crippen LogP contribution in [0.25, 0.3) is 0 Å². The Morgan fingerprint density at radius 2 is 1.25 bits per heavy atom. The summed E-state index contributed by atoms with van der Waals surface area (Å²) in [4.78, 5) is 12.0. The summed E-state index contributed by atoms with van der Waals surface area (Å²) in [7, 11) is 0. The number of hydrogen-bond acceptors (Lipinski definition) is 4. The fourth-order valence-electron chi connectivity index (χ4n) is 3.50. The van der Waals surface area contributed by atoms with Gasteiger partial charge in [0.05, 0.1) is 13.2 Å². The predicted octanol–water partition coefficient (Wildman–Crippen LogP) is 7.09. The Morgan fingerprint density at radius 1 is 0.795 bits per heavy atom. The zero-order chi connectivity index (χ0) is 35.0. The SMILES string of the molecule is CC(CCC(F)(F)C(F)(F)C(F)(F)C(F)(F)C(F)(F)C(F)(F)C(F)(F)C(F)(F)F)C(=O)NCCCOCC1COC(C)(C)O1. The van der Waals surface area contributed by atoms with Gasteiger partial charge in [0.25, 0.3) is 0 Å². The van der Waals surface area contributed by atoms with Crippen molar-refractivity contribution in [2.75, 3.05) is 26.4 Å². The number of halogens is 17. The lowest BCUT2D eigenvalue weighted by Gasteiger charge is -2.42. The molecule has 262 valence electrons. The molecule has 1 aliphatic heterocycles. The molecule has 2 atom stereocenters. The van der Waals surface area contributed by atoms with Crippen molar-refractivity contribution < 1.29 is 93.6 Å². The maximum atomic E-state index is 14.0. The maximum absolute atomic E-state index is 14.0. The Morgan fingerprint density at radius 3 is 1.68 bits per heavy atom. The largest absolute Gasteiger partial charge is 0.460 e. The fourth-order valence-corrected chi connectivity index (χ4v) is 3.50. The minimum absolute atomic E-state index is 0.00111. The average Bonchev–Trinajstić information content (AvgIpc) is 3.21. The Bertz CT molecular complexity index is 984. The van der Waals surface area contributed by atoms with Gasteiger partial charge in [-0.3, -0.25) is 4.79 Å². The van der Waals surface area contributed by atoms with Crippen LogP contribution in [-0.2, 0) is 19.0 Å². The van der Waals surface area contributed by atoms with Crippen molar-refractivity contribution in [1.82, 2.24) is 5.32 Å². The standard InChI is InChI=1S/C22H26F17NO4/c1-11(13(41)40-7-4-8-42-9-12-10-43-14(2,3)44-12)5-6-15(23,24)16(25,26)17(27,28)18(29,30)19(31,32)20(33,34)21(35,36)22(37,38)39/h11-12H,4-10H2,1-3H3,(H,40,41). The lowest BCUT2D eigenvalue weighted by Crippen LogP contribution is -2.74. The van der Waals surface area contributed by atoms with Gasteiger partial charge >= 0.3 is 47.6 Å². The van der Waals surface area contributed by atoms with Gasteiger partial charge in [-0.05, 0) is 26.7 Å². The van der Waals surface area contributed by atoms with Crippen molar-refractivity contribution >= 4 is 5.91 Å². The molecule has 0 aromatic carbocycles. The molecule has 2 unspecified atom stereocenters. The summed E-state index contributed by atoms with van der Waals surface area (Å²) in [6.07, 6.45) is -12.3.